The molecule has 0 aliphatic rings. The van der Waals surface area contributed by atoms with Crippen molar-refractivity contribution in [2.24, 2.45) is 27.2 Å². The van der Waals surface area contributed by atoms with E-state index in [1.54, 1.807) is 0 Å². The Balaban J connectivity index is -0.000000760. The van der Waals surface area contributed by atoms with E-state index in [-0.39, 0.29) is 11.9 Å². The summed E-state index contributed by atoms with van der Waals surface area (Å²) in [7, 11) is 0. The fourth-order valence-electron chi connectivity index (χ4n) is 4.99. The summed E-state index contributed by atoms with van der Waals surface area (Å²) < 4.78 is 0. The van der Waals surface area contributed by atoms with Crippen molar-refractivity contribution < 1.29 is 0 Å². The quantitative estimate of drug-likeness (QED) is 0.0659. The first-order valence-electron chi connectivity index (χ1n) is 19.2. The molecule has 0 fully saturated rings. The van der Waals surface area contributed by atoms with E-state index in [2.05, 4.69) is 116 Å². The molecule has 5 nitrogen and oxygen atoms in total. The van der Waals surface area contributed by atoms with Gasteiger partial charge in [0.1, 0.15) is 0 Å². The van der Waals surface area contributed by atoms with Crippen LogP contribution in [-0.4, -0.2) is 24.6 Å². The molecule has 6 N–H and O–H groups in total. The Morgan fingerprint density at radius 3 is 1.06 bits per heavy atom. The van der Waals surface area contributed by atoms with Gasteiger partial charge < -0.3 is 17.2 Å². The molecule has 0 aromatic heterocycles. The Morgan fingerprint density at radius 2 is 0.755 bits per heavy atom. The van der Waals surface area contributed by atoms with Gasteiger partial charge in [-0.25, -0.2) is 0 Å². The molecule has 3 aromatic carbocycles. The molecule has 0 spiro atoms. The molecule has 0 amide bonds. The molecule has 282 valence electrons. The van der Waals surface area contributed by atoms with Gasteiger partial charge in [0, 0.05) is 0 Å². The monoisotopic (exact) mass is 762 g/mol. The Morgan fingerprint density at radius 1 is 0.469 bits per heavy atom. The zero-order valence-corrected chi connectivity index (χ0v) is 36.2. The number of hydrogen-bond acceptors (Lipinski definition) is 1. The minimum atomic E-state index is -2.78. The Kier molecular flexibility index (Phi) is 39.7. The Hall–Kier alpha value is -2.69. The number of aliphatic imine (C=N–C) groups is 2. The average Bonchev–Trinajstić information content (AvgIpc) is 3.19. The molecule has 0 bridgehead atoms. The third kappa shape index (κ3) is 19.9. The molecule has 0 heterocycles. The van der Waals surface area contributed by atoms with Gasteiger partial charge in [-0.2, -0.15) is 4.99 Å². The number of nitrogens with two attached hydrogens (primary N) is 3. The van der Waals surface area contributed by atoms with Gasteiger partial charge in [-0.15, -0.1) is 0 Å². The Labute approximate surface area is 312 Å². The maximum atomic E-state index is 5.64. The topological polar surface area (TPSA) is 103 Å². The van der Waals surface area contributed by atoms with E-state index in [0.717, 1.165) is 19.0 Å². The van der Waals surface area contributed by atoms with Crippen LogP contribution in [0.5, 0.6) is 0 Å². The van der Waals surface area contributed by atoms with Crippen LogP contribution in [0.15, 0.2) is 101 Å². The number of halogens is 1. The number of hydrogen-bond donors (Lipinski definition) is 3. The van der Waals surface area contributed by atoms with Crippen molar-refractivity contribution >= 4 is 48.6 Å². The first-order valence-corrected chi connectivity index (χ1v) is 23.7. The number of unbranched alkanes of at least 4 members (excludes halogenated alkanes) is 7. The van der Waals surface area contributed by atoms with Crippen LogP contribution in [-0.2, 0) is 0 Å². The first-order chi connectivity index (χ1) is 23.9. The molecule has 0 atom stereocenters. The van der Waals surface area contributed by atoms with Crippen molar-refractivity contribution in [1.82, 2.24) is 0 Å². The van der Waals surface area contributed by atoms with Gasteiger partial charge in [-0.3, -0.25) is 0 Å². The van der Waals surface area contributed by atoms with Crippen LogP contribution >= 0.6 is 20.8 Å². The van der Waals surface area contributed by atoms with Crippen molar-refractivity contribution in [2.45, 2.75) is 134 Å². The normalized spacial score (nSPS) is 10.6. The minimum absolute atomic E-state index is 0.0527. The summed E-state index contributed by atoms with van der Waals surface area (Å²) in [5, 5.41) is 1.41. The van der Waals surface area contributed by atoms with Crippen LogP contribution in [0.25, 0.3) is 0 Å². The van der Waals surface area contributed by atoms with Crippen molar-refractivity contribution in [3.05, 3.63) is 91.0 Å². The fraction of sp³-hybridized carbons (Fsp3) is 0.524. The summed E-state index contributed by atoms with van der Waals surface area (Å²) in [6.45, 7) is 24.7. The molecule has 0 saturated carbocycles. The molecule has 49 heavy (non-hydrogen) atoms. The second kappa shape index (κ2) is 36.6. The van der Waals surface area contributed by atoms with Gasteiger partial charge in [-0.05, 0) is 0 Å². The standard InChI is InChI=1S/C30H41BrN5P.6C2H6/c31-37(26-18-10-7-11-19-26,27-20-12-8-13-21-27,28-22-14-9-15-23-28)25-17-6-4-2-1-3-5-16-24-35-30(34)36-29(32)33;6*1-2/h7-15,18-23H,1-6,16-17,24-25H2,(H6,32,33,34,35,36);6*1-2H3. The first kappa shape index (κ1) is 53.1. The van der Waals surface area contributed by atoms with Crippen molar-refractivity contribution in [1.29, 1.82) is 0 Å². The number of rotatable bonds is 14. The van der Waals surface area contributed by atoms with Gasteiger partial charge in [-0.1, -0.05) is 83.1 Å². The van der Waals surface area contributed by atoms with E-state index < -0.39 is 5.31 Å². The number of benzene rings is 3. The molecule has 0 aliphatic heterocycles. The summed E-state index contributed by atoms with van der Waals surface area (Å²) in [5.41, 5.74) is 16.2. The zero-order valence-electron chi connectivity index (χ0n) is 33.7. The number of nitrogens with zero attached hydrogens (tertiary/aromatic N) is 2. The number of guanidine groups is 2. The second-order valence-corrected chi connectivity index (χ2v) is 18.6. The van der Waals surface area contributed by atoms with E-state index in [9.17, 15) is 0 Å². The Bertz CT molecular complexity index is 1040. The van der Waals surface area contributed by atoms with Crippen molar-refractivity contribution in [2.75, 3.05) is 12.7 Å². The summed E-state index contributed by atoms with van der Waals surface area (Å²) in [4.78, 5) is 7.91. The third-order valence-electron chi connectivity index (χ3n) is 6.89. The molecule has 3 aromatic rings. The van der Waals surface area contributed by atoms with Gasteiger partial charge in [0.25, 0.3) is 0 Å². The fourth-order valence-corrected chi connectivity index (χ4v) is 12.7. The van der Waals surface area contributed by atoms with Gasteiger partial charge in [0.05, 0.1) is 0 Å². The molecular weight excluding hydrogens is 685 g/mol. The third-order valence-corrected chi connectivity index (χ3v) is 16.9. The van der Waals surface area contributed by atoms with Crippen LogP contribution in [0, 0.1) is 0 Å². The van der Waals surface area contributed by atoms with Crippen molar-refractivity contribution in [3.63, 3.8) is 0 Å². The summed E-state index contributed by atoms with van der Waals surface area (Å²) in [6.07, 6.45) is 10.7. The average molecular weight is 763 g/mol. The van der Waals surface area contributed by atoms with Gasteiger partial charge in [0.15, 0.2) is 5.96 Å². The SMILES string of the molecule is CC.CC.CC.CC.CC.CC.NC(N)=NC(N)=NCCCCCCCCCCP(Br)(c1ccccc1)(c1ccccc1)c1ccccc1. The maximum absolute atomic E-state index is 5.64. The molecule has 0 aliphatic carbocycles. The van der Waals surface area contributed by atoms with E-state index >= 15 is 0 Å². The summed E-state index contributed by atoms with van der Waals surface area (Å²) >= 11 is 4.55. The van der Waals surface area contributed by atoms with E-state index in [0.29, 0.717) is 6.54 Å². The molecule has 7 heteroatoms. The van der Waals surface area contributed by atoms with E-state index in [1.165, 1.54) is 54.4 Å². The molecular formula is C42H77BrN5P. The van der Waals surface area contributed by atoms with E-state index in [4.69, 9.17) is 17.2 Å². The predicted octanol–water partition coefficient (Wildman–Crippen LogP) is 11.7. The molecule has 0 saturated heterocycles. The van der Waals surface area contributed by atoms with Crippen molar-refractivity contribution in [3.8, 4) is 0 Å². The molecule has 0 radical (unpaired) electrons. The van der Waals surface area contributed by atoms with Crippen LogP contribution in [0.1, 0.15) is 134 Å². The van der Waals surface area contributed by atoms with Crippen LogP contribution in [0.4, 0.5) is 0 Å². The second-order valence-electron chi connectivity index (χ2n) is 9.52. The predicted molar refractivity (Wildman–Crippen MR) is 236 cm³/mol. The van der Waals surface area contributed by atoms with Crippen LogP contribution in [0.2, 0.25) is 0 Å². The van der Waals surface area contributed by atoms with Crippen LogP contribution in [0.3, 0.4) is 0 Å². The molecule has 3 rings (SSSR count). The van der Waals surface area contributed by atoms with Gasteiger partial charge in [0.2, 0.25) is 0 Å². The zero-order chi connectivity index (χ0) is 38.4. The van der Waals surface area contributed by atoms with Crippen LogP contribution < -0.4 is 33.1 Å². The molecule has 0 unspecified atom stereocenters. The summed E-state index contributed by atoms with van der Waals surface area (Å²) in [5.74, 6) is 0.105. The van der Waals surface area contributed by atoms with Gasteiger partial charge >= 0.3 is 203 Å². The van der Waals surface area contributed by atoms with E-state index in [1.807, 2.05) is 83.1 Å². The summed E-state index contributed by atoms with van der Waals surface area (Å²) in [6, 6.07) is 33.2.